The third-order valence-electron chi connectivity index (χ3n) is 5.39. The number of hydrogen-bond acceptors (Lipinski definition) is 2. The first-order valence-corrected chi connectivity index (χ1v) is 6.93. The lowest BCUT2D eigenvalue weighted by Gasteiger charge is -2.46. The first-order valence-electron chi connectivity index (χ1n) is 6.93. The quantitative estimate of drug-likeness (QED) is 0.743. The van der Waals surface area contributed by atoms with Crippen LogP contribution in [0.2, 0.25) is 0 Å². The highest BCUT2D eigenvalue weighted by atomic mass is 16.4. The zero-order chi connectivity index (χ0) is 13.5. The van der Waals surface area contributed by atoms with E-state index < -0.39 is 12.1 Å². The minimum Gasteiger partial charge on any atom is -0.481 e. The molecule has 3 nitrogen and oxygen atoms in total. The predicted octanol–water partition coefficient (Wildman–Crippen LogP) is 2.84. The molecule has 18 heavy (non-hydrogen) atoms. The molecular formula is C15H24O3. The molecule has 0 amide bonds. The summed E-state index contributed by atoms with van der Waals surface area (Å²) in [4.78, 5) is 11.5. The van der Waals surface area contributed by atoms with Gasteiger partial charge in [0.1, 0.15) is 0 Å². The number of carboxylic acid groups (broad SMARTS) is 1. The van der Waals surface area contributed by atoms with Gasteiger partial charge in [-0.2, -0.15) is 0 Å². The van der Waals surface area contributed by atoms with Crippen molar-refractivity contribution < 1.29 is 15.0 Å². The highest BCUT2D eigenvalue weighted by Crippen LogP contribution is 2.58. The van der Waals surface area contributed by atoms with E-state index in [1.165, 1.54) is 5.57 Å². The minimum absolute atomic E-state index is 0.116. The maximum Gasteiger partial charge on any atom is 0.307 e. The number of aliphatic hydroxyl groups excluding tert-OH is 1. The molecule has 0 aliphatic heterocycles. The molecule has 2 aliphatic carbocycles. The van der Waals surface area contributed by atoms with Gasteiger partial charge in [0, 0.05) is 0 Å². The van der Waals surface area contributed by atoms with Gasteiger partial charge in [0.15, 0.2) is 0 Å². The second-order valence-corrected chi connectivity index (χ2v) is 6.44. The number of allylic oxidation sites excluding steroid dienone is 1. The molecule has 2 aliphatic rings. The van der Waals surface area contributed by atoms with Crippen molar-refractivity contribution in [3.05, 3.63) is 12.2 Å². The van der Waals surface area contributed by atoms with Crippen LogP contribution in [-0.2, 0) is 4.79 Å². The van der Waals surface area contributed by atoms with Crippen molar-refractivity contribution in [2.45, 2.75) is 52.1 Å². The number of carbonyl (C=O) groups is 1. The molecule has 0 aromatic heterocycles. The van der Waals surface area contributed by atoms with E-state index >= 15 is 0 Å². The molecule has 2 saturated carbocycles. The minimum atomic E-state index is -0.733. The lowest BCUT2D eigenvalue weighted by atomic mass is 9.58. The van der Waals surface area contributed by atoms with E-state index in [1.807, 2.05) is 6.92 Å². The molecule has 0 aromatic carbocycles. The van der Waals surface area contributed by atoms with Crippen molar-refractivity contribution >= 4 is 5.97 Å². The zero-order valence-corrected chi connectivity index (χ0v) is 11.4. The number of aliphatic carboxylic acids is 1. The molecule has 1 spiro atoms. The van der Waals surface area contributed by atoms with Crippen molar-refractivity contribution in [2.24, 2.45) is 23.2 Å². The molecule has 0 bridgehead atoms. The van der Waals surface area contributed by atoms with Gasteiger partial charge in [-0.05, 0) is 56.3 Å². The van der Waals surface area contributed by atoms with Crippen LogP contribution in [0.3, 0.4) is 0 Å². The number of carboxylic acids is 1. The second kappa shape index (κ2) is 4.69. The summed E-state index contributed by atoms with van der Waals surface area (Å²) >= 11 is 0. The molecule has 2 N–H and O–H groups in total. The average molecular weight is 252 g/mol. The molecule has 102 valence electrons. The van der Waals surface area contributed by atoms with Gasteiger partial charge < -0.3 is 10.2 Å². The smallest absolute Gasteiger partial charge is 0.307 e. The second-order valence-electron chi connectivity index (χ2n) is 6.44. The maximum absolute atomic E-state index is 11.5. The summed E-state index contributed by atoms with van der Waals surface area (Å²) in [5.74, 6) is -0.375. The molecule has 3 heteroatoms. The van der Waals surface area contributed by atoms with Gasteiger partial charge in [-0.15, -0.1) is 0 Å². The Morgan fingerprint density at radius 3 is 2.56 bits per heavy atom. The van der Waals surface area contributed by atoms with E-state index in [4.69, 9.17) is 0 Å². The predicted molar refractivity (Wildman–Crippen MR) is 70.1 cm³/mol. The molecule has 0 unspecified atom stereocenters. The van der Waals surface area contributed by atoms with Gasteiger partial charge >= 0.3 is 5.97 Å². The summed E-state index contributed by atoms with van der Waals surface area (Å²) in [6.45, 7) is 8.18. The Balaban J connectivity index is 2.27. The van der Waals surface area contributed by atoms with E-state index in [9.17, 15) is 15.0 Å². The van der Waals surface area contributed by atoms with Crippen LogP contribution in [0.1, 0.15) is 46.0 Å². The van der Waals surface area contributed by atoms with Crippen LogP contribution in [0.5, 0.6) is 0 Å². The molecule has 2 fully saturated rings. The van der Waals surface area contributed by atoms with E-state index in [-0.39, 0.29) is 17.3 Å². The topological polar surface area (TPSA) is 57.5 Å². The van der Waals surface area contributed by atoms with Crippen LogP contribution in [0, 0.1) is 23.2 Å². The van der Waals surface area contributed by atoms with Crippen LogP contribution in [0.25, 0.3) is 0 Å². The number of hydrogen-bond donors (Lipinski definition) is 2. The summed E-state index contributed by atoms with van der Waals surface area (Å²) in [6, 6.07) is 0. The Morgan fingerprint density at radius 1 is 1.39 bits per heavy atom. The molecule has 0 radical (unpaired) electrons. The van der Waals surface area contributed by atoms with Crippen LogP contribution in [0.15, 0.2) is 12.2 Å². The third kappa shape index (κ3) is 2.09. The van der Waals surface area contributed by atoms with Crippen LogP contribution < -0.4 is 0 Å². The van der Waals surface area contributed by atoms with E-state index in [1.54, 1.807) is 0 Å². The Hall–Kier alpha value is -0.830. The average Bonchev–Trinajstić information content (AvgIpc) is 2.69. The lowest BCUT2D eigenvalue weighted by Crippen LogP contribution is -2.46. The standard InChI is InChI=1S/C15H24O3/c1-9(2)11-4-5-15(8-11)10(3)6-12(16)7-13(15)14(17)18/h10-13,16H,1,4-8H2,2-3H3,(H,17,18)/t10-,11-,12+,13-,15+/m1/s1. The number of rotatable bonds is 2. The first-order chi connectivity index (χ1) is 8.36. The Morgan fingerprint density at radius 2 is 2.06 bits per heavy atom. The van der Waals surface area contributed by atoms with E-state index in [0.717, 1.165) is 25.7 Å². The fourth-order valence-electron chi connectivity index (χ4n) is 4.23. The fourth-order valence-corrected chi connectivity index (χ4v) is 4.23. The summed E-state index contributed by atoms with van der Waals surface area (Å²) in [7, 11) is 0. The van der Waals surface area contributed by atoms with Crippen molar-refractivity contribution in [3.63, 3.8) is 0 Å². The van der Waals surface area contributed by atoms with Crippen molar-refractivity contribution in [2.75, 3.05) is 0 Å². The van der Waals surface area contributed by atoms with Gasteiger partial charge in [-0.1, -0.05) is 19.1 Å². The summed E-state index contributed by atoms with van der Waals surface area (Å²) in [5, 5.41) is 19.3. The third-order valence-corrected chi connectivity index (χ3v) is 5.39. The highest BCUT2D eigenvalue weighted by Gasteiger charge is 2.54. The van der Waals surface area contributed by atoms with Crippen molar-refractivity contribution in [1.29, 1.82) is 0 Å². The maximum atomic E-state index is 11.5. The molecular weight excluding hydrogens is 228 g/mol. The summed E-state index contributed by atoms with van der Waals surface area (Å²) < 4.78 is 0. The highest BCUT2D eigenvalue weighted by molar-refractivity contribution is 5.71. The number of aliphatic hydroxyl groups is 1. The molecule has 0 saturated heterocycles. The van der Waals surface area contributed by atoms with E-state index in [0.29, 0.717) is 12.3 Å². The fraction of sp³-hybridized carbons (Fsp3) is 0.800. The monoisotopic (exact) mass is 252 g/mol. The lowest BCUT2D eigenvalue weighted by molar-refractivity contribution is -0.155. The van der Waals surface area contributed by atoms with Crippen molar-refractivity contribution in [3.8, 4) is 0 Å². The van der Waals surface area contributed by atoms with Gasteiger partial charge in [0.05, 0.1) is 12.0 Å². The van der Waals surface area contributed by atoms with Gasteiger partial charge in [-0.3, -0.25) is 4.79 Å². The Kier molecular flexibility index (Phi) is 3.54. The van der Waals surface area contributed by atoms with Crippen molar-refractivity contribution in [1.82, 2.24) is 0 Å². The summed E-state index contributed by atoms with van der Waals surface area (Å²) in [6.07, 6.45) is 3.67. The molecule has 5 atom stereocenters. The Labute approximate surface area is 109 Å². The SMILES string of the molecule is C=C(C)[C@@H]1CC[C@]2(C1)[C@H](C)C[C@H](O)C[C@@H]2C(=O)O. The van der Waals surface area contributed by atoms with Gasteiger partial charge in [0.25, 0.3) is 0 Å². The zero-order valence-electron chi connectivity index (χ0n) is 11.4. The van der Waals surface area contributed by atoms with Crippen LogP contribution in [0.4, 0.5) is 0 Å². The largest absolute Gasteiger partial charge is 0.481 e. The molecule has 0 aromatic rings. The van der Waals surface area contributed by atoms with E-state index in [2.05, 4.69) is 13.5 Å². The van der Waals surface area contributed by atoms with Gasteiger partial charge in [0.2, 0.25) is 0 Å². The normalized spacial score (nSPS) is 44.2. The first kappa shape index (κ1) is 13.6. The van der Waals surface area contributed by atoms with Crippen LogP contribution >= 0.6 is 0 Å². The van der Waals surface area contributed by atoms with Gasteiger partial charge in [-0.25, -0.2) is 0 Å². The van der Waals surface area contributed by atoms with Crippen LogP contribution in [-0.4, -0.2) is 22.3 Å². The summed E-state index contributed by atoms with van der Waals surface area (Å²) in [5.41, 5.74) is 1.06. The molecule has 0 heterocycles. The molecule has 2 rings (SSSR count). The Bertz CT molecular complexity index is 363.